The number of hydrogen-bond acceptors (Lipinski definition) is 3. The summed E-state index contributed by atoms with van der Waals surface area (Å²) in [4.78, 5) is 12.3. The van der Waals surface area contributed by atoms with Crippen LogP contribution >= 0.6 is 0 Å². The predicted molar refractivity (Wildman–Crippen MR) is 88.3 cm³/mol. The fourth-order valence-corrected chi connectivity index (χ4v) is 2.87. The molecule has 0 heterocycles. The largest absolute Gasteiger partial charge is 0.430 e. The number of rotatable bonds is 4. The summed E-state index contributed by atoms with van der Waals surface area (Å²) in [6, 6.07) is 2.30. The summed E-state index contributed by atoms with van der Waals surface area (Å²) in [5.74, 6) is -1.21. The molecule has 0 spiro atoms. The van der Waals surface area contributed by atoms with Crippen LogP contribution in [0.25, 0.3) is 0 Å². The van der Waals surface area contributed by atoms with Crippen LogP contribution in [-0.2, 0) is 11.2 Å². The van der Waals surface area contributed by atoms with Gasteiger partial charge < -0.3 is 10.2 Å². The smallest absolute Gasteiger partial charge is 0.369 e. The Morgan fingerprint density at radius 2 is 0.676 bits per heavy atom. The first-order valence-corrected chi connectivity index (χ1v) is 8.56. The van der Waals surface area contributed by atoms with E-state index >= 15 is 0 Å². The van der Waals surface area contributed by atoms with Crippen molar-refractivity contribution in [2.24, 2.45) is 0 Å². The van der Waals surface area contributed by atoms with Gasteiger partial charge >= 0.3 is 24.7 Å². The van der Waals surface area contributed by atoms with Crippen molar-refractivity contribution in [2.45, 2.75) is 35.9 Å². The average Bonchev–Trinajstić information content (AvgIpc) is 2.69. The molecule has 2 aromatic rings. The lowest BCUT2D eigenvalue weighted by molar-refractivity contribution is -0.376. The van der Waals surface area contributed by atoms with Crippen molar-refractivity contribution in [3.8, 4) is 0 Å². The molecule has 0 aliphatic rings. The van der Waals surface area contributed by atoms with Gasteiger partial charge in [0.2, 0.25) is 0 Å². The minimum Gasteiger partial charge on any atom is -0.369 e. The molecule has 0 bridgehead atoms. The molecule has 0 amide bonds. The molecule has 15 heteroatoms. The number of aliphatic hydroxyl groups is 2. The quantitative estimate of drug-likeness (QED) is 0.416. The van der Waals surface area contributed by atoms with E-state index in [1.807, 2.05) is 0 Å². The molecule has 34 heavy (non-hydrogen) atoms. The van der Waals surface area contributed by atoms with Crippen LogP contribution in [0.5, 0.6) is 0 Å². The summed E-state index contributed by atoms with van der Waals surface area (Å²) in [6.07, 6.45) is -24.8. The second-order valence-electron chi connectivity index (χ2n) is 6.90. The SMILES string of the molecule is O=C(c1ccc(C(O)(C(F)(F)F)C(F)(F)F)cc1)c1ccc(C(O)(C(F)(F)F)C(F)(F)F)cc1. The zero-order valence-electron chi connectivity index (χ0n) is 16.0. The third kappa shape index (κ3) is 4.33. The Labute approximate surface area is 181 Å². The lowest BCUT2D eigenvalue weighted by Crippen LogP contribution is -2.53. The van der Waals surface area contributed by atoms with E-state index in [1.54, 1.807) is 0 Å². The average molecular weight is 514 g/mol. The van der Waals surface area contributed by atoms with Crippen molar-refractivity contribution in [2.75, 3.05) is 0 Å². The summed E-state index contributed by atoms with van der Waals surface area (Å²) in [5, 5.41) is 18.6. The number of halogens is 12. The van der Waals surface area contributed by atoms with Gasteiger partial charge in [-0.2, -0.15) is 52.7 Å². The van der Waals surface area contributed by atoms with Crippen LogP contribution in [-0.4, -0.2) is 40.7 Å². The highest BCUT2D eigenvalue weighted by molar-refractivity contribution is 6.09. The molecule has 2 rings (SSSR count). The first-order valence-electron chi connectivity index (χ1n) is 8.56. The third-order valence-corrected chi connectivity index (χ3v) is 4.77. The van der Waals surface area contributed by atoms with Crippen LogP contribution in [0.3, 0.4) is 0 Å². The van der Waals surface area contributed by atoms with Crippen molar-refractivity contribution in [3.05, 3.63) is 70.8 Å². The maximum Gasteiger partial charge on any atom is 0.430 e. The molecule has 2 aromatic carbocycles. The van der Waals surface area contributed by atoms with E-state index in [-0.39, 0.29) is 24.3 Å². The van der Waals surface area contributed by atoms with Crippen LogP contribution in [0.1, 0.15) is 27.0 Å². The highest BCUT2D eigenvalue weighted by atomic mass is 19.4. The van der Waals surface area contributed by atoms with Gasteiger partial charge in [-0.1, -0.05) is 48.5 Å². The van der Waals surface area contributed by atoms with Crippen LogP contribution in [0.15, 0.2) is 48.5 Å². The Balaban J connectivity index is 2.43. The van der Waals surface area contributed by atoms with Crippen molar-refractivity contribution >= 4 is 5.78 Å². The molecular formula is C19H10F12O3. The van der Waals surface area contributed by atoms with Gasteiger partial charge in [-0.15, -0.1) is 0 Å². The normalized spacial score (nSPS) is 14.3. The number of benzene rings is 2. The second-order valence-corrected chi connectivity index (χ2v) is 6.90. The Morgan fingerprint density at radius 1 is 0.471 bits per heavy atom. The van der Waals surface area contributed by atoms with E-state index in [9.17, 15) is 67.7 Å². The highest BCUT2D eigenvalue weighted by Gasteiger charge is 2.72. The molecule has 0 fully saturated rings. The maximum absolute atomic E-state index is 12.9. The molecule has 0 atom stereocenters. The van der Waals surface area contributed by atoms with Gasteiger partial charge in [-0.3, -0.25) is 4.79 Å². The number of carbonyl (C=O) groups is 1. The zero-order valence-corrected chi connectivity index (χ0v) is 16.0. The Bertz CT molecular complexity index is 918. The van der Waals surface area contributed by atoms with Gasteiger partial charge in [0.05, 0.1) is 0 Å². The number of hydrogen-bond donors (Lipinski definition) is 2. The zero-order chi connectivity index (χ0) is 26.5. The molecule has 0 unspecified atom stereocenters. The maximum atomic E-state index is 12.9. The molecule has 3 nitrogen and oxygen atoms in total. The van der Waals surface area contributed by atoms with E-state index in [4.69, 9.17) is 0 Å². The summed E-state index contributed by atoms with van der Waals surface area (Å²) in [5.41, 5.74) is -15.2. The second kappa shape index (κ2) is 8.15. The lowest BCUT2D eigenvalue weighted by atomic mass is 9.89. The topological polar surface area (TPSA) is 57.5 Å². The molecule has 188 valence electrons. The molecule has 0 radical (unpaired) electrons. The fourth-order valence-electron chi connectivity index (χ4n) is 2.87. The molecule has 0 saturated carbocycles. The van der Waals surface area contributed by atoms with Gasteiger partial charge in [0.1, 0.15) is 0 Å². The molecule has 0 saturated heterocycles. The summed E-state index contributed by atoms with van der Waals surface area (Å²) in [7, 11) is 0. The molecule has 0 aliphatic carbocycles. The number of alkyl halides is 12. The first-order chi connectivity index (χ1) is 15.1. The predicted octanol–water partition coefficient (Wildman–Crippen LogP) is 5.54. The monoisotopic (exact) mass is 514 g/mol. The highest BCUT2D eigenvalue weighted by Crippen LogP contribution is 2.51. The van der Waals surface area contributed by atoms with Crippen molar-refractivity contribution in [3.63, 3.8) is 0 Å². The van der Waals surface area contributed by atoms with Crippen LogP contribution in [0, 0.1) is 0 Å². The van der Waals surface area contributed by atoms with Gasteiger partial charge in [-0.05, 0) is 0 Å². The van der Waals surface area contributed by atoms with Crippen LogP contribution < -0.4 is 0 Å². The van der Waals surface area contributed by atoms with E-state index < -0.39 is 63.9 Å². The lowest BCUT2D eigenvalue weighted by Gasteiger charge is -2.32. The van der Waals surface area contributed by atoms with Gasteiger partial charge in [0, 0.05) is 22.3 Å². The van der Waals surface area contributed by atoms with Gasteiger partial charge in [-0.25, -0.2) is 0 Å². The number of carbonyl (C=O) groups excluding carboxylic acids is 1. The fraction of sp³-hybridized carbons (Fsp3) is 0.316. The van der Waals surface area contributed by atoms with Crippen molar-refractivity contribution in [1.82, 2.24) is 0 Å². The summed E-state index contributed by atoms with van der Waals surface area (Å²) < 4.78 is 155. The van der Waals surface area contributed by atoms with E-state index in [2.05, 4.69) is 0 Å². The van der Waals surface area contributed by atoms with E-state index in [0.29, 0.717) is 24.3 Å². The third-order valence-electron chi connectivity index (χ3n) is 4.77. The first kappa shape index (κ1) is 27.4. The summed E-state index contributed by atoms with van der Waals surface area (Å²) in [6.45, 7) is 0. The number of ketones is 1. The molecule has 0 aliphatic heterocycles. The van der Waals surface area contributed by atoms with E-state index in [0.717, 1.165) is 0 Å². The van der Waals surface area contributed by atoms with Gasteiger partial charge in [0.15, 0.2) is 5.78 Å². The minimum absolute atomic E-state index is 0.134. The standard InChI is InChI=1S/C19H10F12O3/c20-16(21,22)14(33,17(23,24)25)11-5-1-9(2-6-11)13(32)10-3-7-12(8-4-10)15(34,18(26,27)28)19(29,30)31/h1-8,33-34H. The van der Waals surface area contributed by atoms with Crippen molar-refractivity contribution in [1.29, 1.82) is 0 Å². The Morgan fingerprint density at radius 3 is 0.853 bits per heavy atom. The Hall–Kier alpha value is -2.81. The molecule has 0 aromatic heterocycles. The van der Waals surface area contributed by atoms with Crippen LogP contribution in [0.2, 0.25) is 0 Å². The van der Waals surface area contributed by atoms with E-state index in [1.165, 1.54) is 0 Å². The van der Waals surface area contributed by atoms with Crippen LogP contribution in [0.4, 0.5) is 52.7 Å². The Kier molecular flexibility index (Phi) is 6.57. The molecular weight excluding hydrogens is 504 g/mol. The minimum atomic E-state index is -6.19. The van der Waals surface area contributed by atoms with Gasteiger partial charge in [0.25, 0.3) is 11.2 Å². The molecule has 2 N–H and O–H groups in total. The summed E-state index contributed by atoms with van der Waals surface area (Å²) >= 11 is 0. The van der Waals surface area contributed by atoms with Crippen molar-refractivity contribution < 1.29 is 67.7 Å².